The van der Waals surface area contributed by atoms with Crippen LogP contribution in [0.2, 0.25) is 0 Å². The smallest absolute Gasteiger partial charge is 0.139 e. The largest absolute Gasteiger partial charge is 0.514 e. The predicted octanol–water partition coefficient (Wildman–Crippen LogP) is -0.368. The van der Waals surface area contributed by atoms with Crippen LogP contribution in [0.3, 0.4) is 0 Å². The number of aliphatic imine (C=N–C) groups is 2. The second-order valence-corrected chi connectivity index (χ2v) is 2.84. The summed E-state index contributed by atoms with van der Waals surface area (Å²) in [5.74, 6) is -0.237. The number of rotatable bonds is 5. The minimum atomic E-state index is -0.153. The maximum atomic E-state index is 8.61. The molecule has 8 heteroatoms. The quantitative estimate of drug-likeness (QED) is 0.170. The molecule has 0 unspecified atom stereocenters. The molecule has 0 rings (SSSR count). The van der Waals surface area contributed by atoms with E-state index >= 15 is 0 Å². The van der Waals surface area contributed by atoms with Crippen molar-refractivity contribution in [1.29, 1.82) is 10.5 Å². The van der Waals surface area contributed by atoms with Crippen LogP contribution < -0.4 is 11.5 Å². The Bertz CT molecular complexity index is 443. The van der Waals surface area contributed by atoms with Crippen molar-refractivity contribution >= 4 is 11.7 Å². The van der Waals surface area contributed by atoms with Crippen LogP contribution in [0.25, 0.3) is 0 Å². The van der Waals surface area contributed by atoms with Crippen molar-refractivity contribution in [3.05, 3.63) is 23.7 Å². The first-order chi connectivity index (χ1) is 8.60. The number of aliphatic hydroxyl groups excluding tert-OH is 2. The van der Waals surface area contributed by atoms with Gasteiger partial charge in [-0.05, 0) is 0 Å². The number of hydrogen-bond acceptors (Lipinski definition) is 6. The molecule has 0 spiro atoms. The highest BCUT2D eigenvalue weighted by Crippen LogP contribution is 1.93. The third-order valence-electron chi connectivity index (χ3n) is 1.72. The minimum Gasteiger partial charge on any atom is -0.514 e. The molecular formula is C10H12N6O2. The molecule has 0 heterocycles. The van der Waals surface area contributed by atoms with E-state index in [0.29, 0.717) is 12.5 Å². The summed E-state index contributed by atoms with van der Waals surface area (Å²) >= 11 is 0. The summed E-state index contributed by atoms with van der Waals surface area (Å²) in [5.41, 5.74) is 10.5. The van der Waals surface area contributed by atoms with Gasteiger partial charge in [-0.3, -0.25) is 9.98 Å². The molecule has 8 nitrogen and oxygen atoms in total. The summed E-state index contributed by atoms with van der Waals surface area (Å²) in [6.07, 6.45) is 1.11. The highest BCUT2D eigenvalue weighted by molar-refractivity contribution is 6.00. The first-order valence-corrected chi connectivity index (χ1v) is 4.70. The van der Waals surface area contributed by atoms with E-state index in [0.717, 1.165) is 0 Å². The van der Waals surface area contributed by atoms with Gasteiger partial charge in [0, 0.05) is 0 Å². The lowest BCUT2D eigenvalue weighted by molar-refractivity contribution is 0.471. The summed E-state index contributed by atoms with van der Waals surface area (Å²) in [6, 6.07) is 3.29. The Hall–Kier alpha value is -3.00. The number of nitrogens with zero attached hydrogens (tertiary/aromatic N) is 4. The molecule has 0 aliphatic heterocycles. The van der Waals surface area contributed by atoms with E-state index in [9.17, 15) is 0 Å². The average Bonchev–Trinajstić information content (AvgIpc) is 2.37. The van der Waals surface area contributed by atoms with Gasteiger partial charge in [-0.25, -0.2) is 0 Å². The van der Waals surface area contributed by atoms with Gasteiger partial charge in [0.2, 0.25) is 0 Å². The Morgan fingerprint density at radius 3 is 1.50 bits per heavy atom. The summed E-state index contributed by atoms with van der Waals surface area (Å²) < 4.78 is 0. The van der Waals surface area contributed by atoms with Crippen molar-refractivity contribution in [2.45, 2.75) is 0 Å². The van der Waals surface area contributed by atoms with E-state index in [-0.39, 0.29) is 35.9 Å². The van der Waals surface area contributed by atoms with Gasteiger partial charge in [0.25, 0.3) is 0 Å². The molecule has 0 amide bonds. The number of hydrogen-bond donors (Lipinski definition) is 4. The van der Waals surface area contributed by atoms with Crippen LogP contribution in [0.15, 0.2) is 33.7 Å². The zero-order chi connectivity index (χ0) is 14.0. The van der Waals surface area contributed by atoms with Crippen molar-refractivity contribution in [3.8, 4) is 12.1 Å². The summed E-state index contributed by atoms with van der Waals surface area (Å²) in [4.78, 5) is 7.53. The molecule has 94 valence electrons. The van der Waals surface area contributed by atoms with Gasteiger partial charge in [0.1, 0.15) is 47.5 Å². The highest BCUT2D eigenvalue weighted by atomic mass is 16.2. The Kier molecular flexibility index (Phi) is 6.82. The zero-order valence-electron chi connectivity index (χ0n) is 9.41. The van der Waals surface area contributed by atoms with Gasteiger partial charge < -0.3 is 21.7 Å². The molecule has 0 atom stereocenters. The highest BCUT2D eigenvalue weighted by Gasteiger charge is 2.01. The van der Waals surface area contributed by atoms with E-state index in [4.69, 9.17) is 32.2 Å². The number of nitriles is 2. The van der Waals surface area contributed by atoms with Crippen LogP contribution >= 0.6 is 0 Å². The summed E-state index contributed by atoms with van der Waals surface area (Å²) in [6.45, 7) is 0.241. The van der Waals surface area contributed by atoms with Crippen LogP contribution in [0.4, 0.5) is 0 Å². The van der Waals surface area contributed by atoms with E-state index in [1.54, 1.807) is 12.1 Å². The Morgan fingerprint density at radius 1 is 0.944 bits per heavy atom. The van der Waals surface area contributed by atoms with E-state index < -0.39 is 0 Å². The molecular weight excluding hydrogens is 236 g/mol. The Morgan fingerprint density at radius 2 is 1.28 bits per heavy atom. The maximum absolute atomic E-state index is 8.61. The van der Waals surface area contributed by atoms with Crippen molar-refractivity contribution < 1.29 is 10.2 Å². The van der Waals surface area contributed by atoms with Crippen LogP contribution in [0, 0.1) is 22.7 Å². The summed E-state index contributed by atoms with van der Waals surface area (Å²) in [7, 11) is 0. The number of aliphatic hydroxyl groups is 2. The lowest BCUT2D eigenvalue weighted by atomic mass is 10.3. The SMILES string of the molecule is N#CC(=CO)C(N)=NCCN=C(N)C(C#N)=CO. The fourth-order valence-electron chi connectivity index (χ4n) is 0.816. The molecule has 0 bridgehead atoms. The number of nitrogens with two attached hydrogens (primary N) is 2. The molecule has 0 saturated heterocycles. The second-order valence-electron chi connectivity index (χ2n) is 2.84. The molecule has 0 aromatic heterocycles. The van der Waals surface area contributed by atoms with Gasteiger partial charge in [0.05, 0.1) is 13.1 Å². The molecule has 18 heavy (non-hydrogen) atoms. The monoisotopic (exact) mass is 248 g/mol. The summed E-state index contributed by atoms with van der Waals surface area (Å²) in [5, 5.41) is 34.3. The topological polar surface area (TPSA) is 165 Å². The lowest BCUT2D eigenvalue weighted by Gasteiger charge is -1.98. The fraction of sp³-hybridized carbons (Fsp3) is 0.200. The molecule has 0 saturated carbocycles. The average molecular weight is 248 g/mol. The van der Waals surface area contributed by atoms with Crippen molar-refractivity contribution in [2.24, 2.45) is 21.5 Å². The molecule has 0 radical (unpaired) electrons. The van der Waals surface area contributed by atoms with Crippen LogP contribution in [-0.4, -0.2) is 35.0 Å². The molecule has 0 aliphatic rings. The molecule has 6 N–H and O–H groups in total. The van der Waals surface area contributed by atoms with Gasteiger partial charge in [-0.1, -0.05) is 0 Å². The van der Waals surface area contributed by atoms with E-state index in [1.807, 2.05) is 0 Å². The van der Waals surface area contributed by atoms with Crippen LogP contribution in [0.5, 0.6) is 0 Å². The zero-order valence-corrected chi connectivity index (χ0v) is 9.41. The van der Waals surface area contributed by atoms with Gasteiger partial charge in [-0.2, -0.15) is 10.5 Å². The van der Waals surface area contributed by atoms with E-state index in [1.165, 1.54) is 0 Å². The first-order valence-electron chi connectivity index (χ1n) is 4.70. The third kappa shape index (κ3) is 4.68. The van der Waals surface area contributed by atoms with Crippen molar-refractivity contribution in [2.75, 3.05) is 13.1 Å². The maximum Gasteiger partial charge on any atom is 0.139 e. The predicted molar refractivity (Wildman–Crippen MR) is 65.6 cm³/mol. The standard InChI is InChI=1S/C10H12N6O2/c11-3-7(5-17)9(13)15-1-2-16-10(14)8(4-12)6-18/h5-6,17-18H,1-2H2,(H2,13,15)(H2,14,16). The molecule has 0 aromatic carbocycles. The van der Waals surface area contributed by atoms with Crippen LogP contribution in [0.1, 0.15) is 0 Å². The van der Waals surface area contributed by atoms with Gasteiger partial charge in [0.15, 0.2) is 0 Å². The van der Waals surface area contributed by atoms with E-state index in [2.05, 4.69) is 9.98 Å². The normalized spacial score (nSPS) is 13.9. The van der Waals surface area contributed by atoms with Gasteiger partial charge in [-0.15, -0.1) is 0 Å². The molecule has 0 fully saturated rings. The molecule has 0 aromatic rings. The van der Waals surface area contributed by atoms with Crippen molar-refractivity contribution in [3.63, 3.8) is 0 Å². The lowest BCUT2D eigenvalue weighted by Crippen LogP contribution is -2.17. The third-order valence-corrected chi connectivity index (χ3v) is 1.72. The van der Waals surface area contributed by atoms with Crippen molar-refractivity contribution in [1.82, 2.24) is 0 Å². The first kappa shape index (κ1) is 15.0. The number of amidine groups is 2. The Labute approximate surface area is 103 Å². The van der Waals surface area contributed by atoms with Gasteiger partial charge >= 0.3 is 0 Å². The second kappa shape index (κ2) is 8.19. The molecule has 0 aliphatic carbocycles. The van der Waals surface area contributed by atoms with Crippen LogP contribution in [-0.2, 0) is 0 Å². The Balaban J connectivity index is 4.48. The fourth-order valence-corrected chi connectivity index (χ4v) is 0.816. The minimum absolute atomic E-state index is 0.119.